The number of para-hydroxylation sites is 1. The van der Waals surface area contributed by atoms with Crippen molar-refractivity contribution in [3.8, 4) is 34.1 Å². The van der Waals surface area contributed by atoms with Crippen molar-refractivity contribution in [2.75, 3.05) is 13.4 Å². The molecule has 2 heterocycles. The number of nitrogens with one attached hydrogen (secondary N) is 1. The Bertz CT molecular complexity index is 1400. The standard InChI is InChI=1S/C25H18Cl2N2O5/c26-22-17-8-15(14-6-7-19-20(9-14)34-13-33-19)10-29-24(17)25(31)18(23(22)27)11-28-21(30)12-32-16-4-2-1-3-5-16/h1-10,31H,11-13H2,(H,28,30). The number of halogens is 2. The molecule has 3 aromatic carbocycles. The monoisotopic (exact) mass is 496 g/mol. The van der Waals surface area contributed by atoms with Crippen LogP contribution in [0.4, 0.5) is 0 Å². The van der Waals surface area contributed by atoms with Crippen molar-refractivity contribution >= 4 is 40.0 Å². The fourth-order valence-electron chi connectivity index (χ4n) is 3.62. The topological polar surface area (TPSA) is 89.9 Å². The molecule has 1 amide bonds. The van der Waals surface area contributed by atoms with E-state index in [0.717, 1.165) is 11.1 Å². The van der Waals surface area contributed by atoms with E-state index in [1.807, 2.05) is 36.4 Å². The SMILES string of the molecule is O=C(COc1ccccc1)NCc1c(Cl)c(Cl)c2cc(-c3ccc4c(c3)OCO4)cnc2c1O. The van der Waals surface area contributed by atoms with Crippen LogP contribution in [0, 0.1) is 0 Å². The fourth-order valence-corrected chi connectivity index (χ4v) is 4.13. The summed E-state index contributed by atoms with van der Waals surface area (Å²) in [6.45, 7) is -0.0362. The maximum atomic E-state index is 12.2. The molecule has 2 N–H and O–H groups in total. The van der Waals surface area contributed by atoms with Gasteiger partial charge in [-0.1, -0.05) is 47.5 Å². The van der Waals surface area contributed by atoms with Crippen LogP contribution in [0.2, 0.25) is 10.0 Å². The smallest absolute Gasteiger partial charge is 0.258 e. The van der Waals surface area contributed by atoms with E-state index in [2.05, 4.69) is 10.3 Å². The first-order chi connectivity index (χ1) is 16.5. The number of aromatic hydroxyl groups is 1. The van der Waals surface area contributed by atoms with Gasteiger partial charge in [-0.15, -0.1) is 0 Å². The molecule has 0 saturated carbocycles. The second-order valence-corrected chi connectivity index (χ2v) is 8.28. The molecule has 0 fully saturated rings. The number of aromatic nitrogens is 1. The van der Waals surface area contributed by atoms with Crippen molar-refractivity contribution < 1.29 is 24.1 Å². The lowest BCUT2D eigenvalue weighted by molar-refractivity contribution is -0.123. The molecule has 0 aliphatic carbocycles. The van der Waals surface area contributed by atoms with Crippen LogP contribution < -0.4 is 19.5 Å². The highest BCUT2D eigenvalue weighted by Crippen LogP contribution is 2.42. The molecule has 1 aliphatic rings. The second-order valence-electron chi connectivity index (χ2n) is 7.52. The van der Waals surface area contributed by atoms with Gasteiger partial charge in [-0.05, 0) is 35.9 Å². The lowest BCUT2D eigenvalue weighted by atomic mass is 10.0. The molecule has 0 saturated heterocycles. The summed E-state index contributed by atoms with van der Waals surface area (Å²) in [4.78, 5) is 16.6. The highest BCUT2D eigenvalue weighted by molar-refractivity contribution is 6.46. The summed E-state index contributed by atoms with van der Waals surface area (Å²) < 4.78 is 16.2. The van der Waals surface area contributed by atoms with Crippen LogP contribution in [0.15, 0.2) is 60.8 Å². The normalized spacial score (nSPS) is 12.1. The van der Waals surface area contributed by atoms with Crippen molar-refractivity contribution in [2.24, 2.45) is 0 Å². The van der Waals surface area contributed by atoms with Crippen LogP contribution in [-0.4, -0.2) is 29.4 Å². The van der Waals surface area contributed by atoms with Gasteiger partial charge in [0.1, 0.15) is 17.0 Å². The zero-order valence-electron chi connectivity index (χ0n) is 17.7. The second kappa shape index (κ2) is 9.29. The maximum Gasteiger partial charge on any atom is 0.258 e. The van der Waals surface area contributed by atoms with Crippen molar-refractivity contribution in [3.05, 3.63) is 76.4 Å². The van der Waals surface area contributed by atoms with Gasteiger partial charge < -0.3 is 24.6 Å². The van der Waals surface area contributed by atoms with E-state index in [1.165, 1.54) is 0 Å². The number of ether oxygens (including phenoxy) is 3. The lowest BCUT2D eigenvalue weighted by Gasteiger charge is -2.14. The van der Waals surface area contributed by atoms with E-state index < -0.39 is 0 Å². The summed E-state index contributed by atoms with van der Waals surface area (Å²) in [6.07, 6.45) is 1.62. The third-order valence-electron chi connectivity index (χ3n) is 5.37. The van der Waals surface area contributed by atoms with Crippen molar-refractivity contribution in [1.29, 1.82) is 0 Å². The average Bonchev–Trinajstić information content (AvgIpc) is 3.34. The molecular formula is C25H18Cl2N2O5. The number of pyridine rings is 1. The van der Waals surface area contributed by atoms with E-state index in [9.17, 15) is 9.90 Å². The zero-order valence-corrected chi connectivity index (χ0v) is 19.2. The molecule has 0 bridgehead atoms. The molecular weight excluding hydrogens is 479 g/mol. The van der Waals surface area contributed by atoms with E-state index in [1.54, 1.807) is 24.4 Å². The average molecular weight is 497 g/mol. The van der Waals surface area contributed by atoms with Crippen LogP contribution in [0.1, 0.15) is 5.56 Å². The van der Waals surface area contributed by atoms with Gasteiger partial charge in [0, 0.05) is 29.3 Å². The minimum atomic E-state index is -0.373. The van der Waals surface area contributed by atoms with Gasteiger partial charge in [0.25, 0.3) is 5.91 Å². The first-order valence-corrected chi connectivity index (χ1v) is 11.1. The Morgan fingerprint density at radius 3 is 2.65 bits per heavy atom. The number of fused-ring (bicyclic) bond motifs is 2. The molecule has 4 aromatic rings. The first-order valence-electron chi connectivity index (χ1n) is 10.3. The number of phenolic OH excluding ortho intramolecular Hbond substituents is 1. The Kier molecular flexibility index (Phi) is 6.04. The quantitative estimate of drug-likeness (QED) is 0.374. The van der Waals surface area contributed by atoms with Gasteiger partial charge >= 0.3 is 0 Å². The largest absolute Gasteiger partial charge is 0.505 e. The fraction of sp³-hybridized carbons (Fsp3) is 0.120. The molecule has 1 aliphatic heterocycles. The van der Waals surface area contributed by atoms with E-state index >= 15 is 0 Å². The number of phenols is 1. The number of carbonyl (C=O) groups excluding carboxylic acids is 1. The number of hydrogen-bond acceptors (Lipinski definition) is 6. The summed E-state index contributed by atoms with van der Waals surface area (Å²) in [6, 6.07) is 16.3. The Labute approximate surface area is 204 Å². The Morgan fingerprint density at radius 1 is 1.03 bits per heavy atom. The summed E-state index contributed by atoms with van der Waals surface area (Å²) in [7, 11) is 0. The molecule has 0 spiro atoms. The first kappa shape index (κ1) is 22.1. The lowest BCUT2D eigenvalue weighted by Crippen LogP contribution is -2.28. The summed E-state index contributed by atoms with van der Waals surface area (Å²) in [5.74, 6) is 1.38. The highest BCUT2D eigenvalue weighted by Gasteiger charge is 2.20. The van der Waals surface area contributed by atoms with E-state index in [4.69, 9.17) is 37.4 Å². The molecule has 5 rings (SSSR count). The summed E-state index contributed by atoms with van der Waals surface area (Å²) in [5.41, 5.74) is 2.17. The Morgan fingerprint density at radius 2 is 1.82 bits per heavy atom. The van der Waals surface area contributed by atoms with Crippen LogP contribution >= 0.6 is 23.2 Å². The molecule has 9 heteroatoms. The maximum absolute atomic E-state index is 12.2. The molecule has 0 atom stereocenters. The number of carbonyl (C=O) groups is 1. The van der Waals surface area contributed by atoms with Crippen molar-refractivity contribution in [3.63, 3.8) is 0 Å². The van der Waals surface area contributed by atoms with Crippen molar-refractivity contribution in [1.82, 2.24) is 10.3 Å². The molecule has 1 aromatic heterocycles. The number of amides is 1. The molecule has 7 nitrogen and oxygen atoms in total. The third kappa shape index (κ3) is 4.27. The third-order valence-corrected chi connectivity index (χ3v) is 6.28. The number of nitrogens with zero attached hydrogens (tertiary/aromatic N) is 1. The minimum absolute atomic E-state index is 0.0388. The highest BCUT2D eigenvalue weighted by atomic mass is 35.5. The minimum Gasteiger partial charge on any atom is -0.505 e. The molecule has 34 heavy (non-hydrogen) atoms. The van der Waals surface area contributed by atoms with Gasteiger partial charge in [-0.3, -0.25) is 9.78 Å². The van der Waals surface area contributed by atoms with Crippen molar-refractivity contribution in [2.45, 2.75) is 6.54 Å². The number of hydrogen-bond donors (Lipinski definition) is 2. The van der Waals surface area contributed by atoms with Crippen LogP contribution in [-0.2, 0) is 11.3 Å². The Hall–Kier alpha value is -3.68. The van der Waals surface area contributed by atoms with Gasteiger partial charge in [-0.25, -0.2) is 0 Å². The van der Waals surface area contributed by atoms with Crippen LogP contribution in [0.5, 0.6) is 23.0 Å². The van der Waals surface area contributed by atoms with Gasteiger partial charge in [0.15, 0.2) is 18.1 Å². The predicted octanol–water partition coefficient (Wildman–Crippen LogP) is 5.34. The van der Waals surface area contributed by atoms with Gasteiger partial charge in [-0.2, -0.15) is 0 Å². The van der Waals surface area contributed by atoms with Crippen LogP contribution in [0.3, 0.4) is 0 Å². The van der Waals surface area contributed by atoms with E-state index in [0.29, 0.717) is 22.6 Å². The van der Waals surface area contributed by atoms with Gasteiger partial charge in [0.05, 0.1) is 10.0 Å². The number of rotatable bonds is 6. The summed E-state index contributed by atoms with van der Waals surface area (Å²) in [5, 5.41) is 14.4. The Balaban J connectivity index is 1.37. The van der Waals surface area contributed by atoms with Gasteiger partial charge in [0.2, 0.25) is 6.79 Å². The molecule has 172 valence electrons. The zero-order chi connectivity index (χ0) is 23.7. The van der Waals surface area contributed by atoms with Crippen LogP contribution in [0.25, 0.3) is 22.0 Å². The predicted molar refractivity (Wildman–Crippen MR) is 129 cm³/mol. The summed E-state index contributed by atoms with van der Waals surface area (Å²) >= 11 is 13.0. The number of benzene rings is 3. The molecule has 0 unspecified atom stereocenters. The molecule has 0 radical (unpaired) electrons. The van der Waals surface area contributed by atoms with E-state index in [-0.39, 0.29) is 52.7 Å².